The fourth-order valence-electron chi connectivity index (χ4n) is 4.21. The van der Waals surface area contributed by atoms with Gasteiger partial charge in [0.15, 0.2) is 13.2 Å². The Balaban J connectivity index is 0.00000420. The summed E-state index contributed by atoms with van der Waals surface area (Å²) in [5.74, 6) is -4.92. The van der Waals surface area contributed by atoms with E-state index in [1.165, 1.54) is 24.3 Å². The molecule has 1 aromatic heterocycles. The van der Waals surface area contributed by atoms with Gasteiger partial charge in [0.05, 0.1) is 17.1 Å². The molecule has 39 heavy (non-hydrogen) atoms. The van der Waals surface area contributed by atoms with E-state index in [1.807, 2.05) is 6.92 Å². The van der Waals surface area contributed by atoms with Gasteiger partial charge in [-0.25, -0.2) is 13.2 Å². The highest BCUT2D eigenvalue weighted by Gasteiger charge is 2.35. The highest BCUT2D eigenvalue weighted by atomic mass is 35.5. The number of aromatic nitrogens is 2. The minimum atomic E-state index is -3.48. The van der Waals surface area contributed by atoms with Gasteiger partial charge in [-0.1, -0.05) is 26.3 Å². The van der Waals surface area contributed by atoms with Crippen LogP contribution < -0.4 is 15.8 Å². The largest absolute Gasteiger partial charge is 0.482 e. The Bertz CT molecular complexity index is 1350. The molecule has 0 bridgehead atoms. The van der Waals surface area contributed by atoms with Crippen LogP contribution in [0.25, 0.3) is 22.4 Å². The second kappa shape index (κ2) is 12.1. The first-order valence-electron chi connectivity index (χ1n) is 12.2. The van der Waals surface area contributed by atoms with Gasteiger partial charge in [0, 0.05) is 11.1 Å². The number of benzene rings is 2. The number of nitrogens with one attached hydrogen (secondary N) is 1. The third-order valence-electron chi connectivity index (χ3n) is 6.48. The highest BCUT2D eigenvalue weighted by molar-refractivity contribution is 5.97. The molecular formula is C27H30ClF3N4O4. The van der Waals surface area contributed by atoms with Gasteiger partial charge in [0.25, 0.3) is 5.91 Å². The maximum Gasteiger partial charge on any atom is 0.323 e. The maximum atomic E-state index is 15.1. The standard InChI is InChI=1S/C27H29F3N4O4.ClH/c1-4-15(2)24(31)26(36)38-14-27(29,30)13-34-25(17-5-8-19(28)9-6-17)23(16(3)33-34)18-7-10-21-20(11-18)32-22(35)12-37-21;/h5-11,15,24H,4,12-14,31H2,1-3H3,(H,32,35);1H/t15?,24-;/m0./s1. The van der Waals surface area contributed by atoms with Crippen molar-refractivity contribution in [3.63, 3.8) is 0 Å². The molecule has 210 valence electrons. The summed E-state index contributed by atoms with van der Waals surface area (Å²) < 4.78 is 55.3. The quantitative estimate of drug-likeness (QED) is 0.354. The molecule has 0 saturated heterocycles. The van der Waals surface area contributed by atoms with E-state index in [0.717, 1.165) is 4.68 Å². The molecule has 0 saturated carbocycles. The summed E-state index contributed by atoms with van der Waals surface area (Å²) in [5, 5.41) is 7.09. The number of hydrogen-bond acceptors (Lipinski definition) is 6. The molecule has 12 heteroatoms. The van der Waals surface area contributed by atoms with E-state index in [1.54, 1.807) is 32.0 Å². The smallest absolute Gasteiger partial charge is 0.323 e. The zero-order chi connectivity index (χ0) is 27.6. The Kier molecular flexibility index (Phi) is 9.29. The van der Waals surface area contributed by atoms with E-state index < -0.39 is 36.9 Å². The summed E-state index contributed by atoms with van der Waals surface area (Å²) >= 11 is 0. The average molecular weight is 567 g/mol. The van der Waals surface area contributed by atoms with E-state index in [2.05, 4.69) is 10.4 Å². The van der Waals surface area contributed by atoms with Crippen molar-refractivity contribution in [1.29, 1.82) is 0 Å². The lowest BCUT2D eigenvalue weighted by Crippen LogP contribution is -2.41. The molecule has 0 aliphatic carbocycles. The van der Waals surface area contributed by atoms with Gasteiger partial charge in [0.2, 0.25) is 0 Å². The van der Waals surface area contributed by atoms with Gasteiger partial charge in [-0.05, 0) is 54.8 Å². The SMILES string of the molecule is CCC(C)[C@H](N)C(=O)OCC(F)(F)Cn1nc(C)c(-c2ccc3c(c2)NC(=O)CO3)c1-c1ccc(F)cc1.Cl. The fourth-order valence-corrected chi connectivity index (χ4v) is 4.21. The van der Waals surface area contributed by atoms with Crippen molar-refractivity contribution in [3.8, 4) is 28.1 Å². The molecule has 2 aromatic carbocycles. The van der Waals surface area contributed by atoms with Crippen LogP contribution in [0.3, 0.4) is 0 Å². The number of hydrogen-bond donors (Lipinski definition) is 2. The minimum Gasteiger partial charge on any atom is -0.482 e. The number of halogens is 4. The average Bonchev–Trinajstić information content (AvgIpc) is 3.20. The molecule has 1 amide bonds. The van der Waals surface area contributed by atoms with E-state index in [0.29, 0.717) is 45.9 Å². The highest BCUT2D eigenvalue weighted by Crippen LogP contribution is 2.40. The molecule has 0 fully saturated rings. The molecule has 0 radical (unpaired) electrons. The molecule has 1 aliphatic heterocycles. The number of aryl methyl sites for hydroxylation is 1. The number of esters is 1. The number of fused-ring (bicyclic) bond motifs is 1. The van der Waals surface area contributed by atoms with Crippen molar-refractivity contribution in [3.05, 3.63) is 54.0 Å². The molecule has 8 nitrogen and oxygen atoms in total. The molecule has 4 rings (SSSR count). The molecule has 3 aromatic rings. The first kappa shape index (κ1) is 30.0. The summed E-state index contributed by atoms with van der Waals surface area (Å²) in [5.41, 5.74) is 8.55. The van der Waals surface area contributed by atoms with Crippen LogP contribution in [-0.4, -0.2) is 46.8 Å². The second-order valence-electron chi connectivity index (χ2n) is 9.40. The molecule has 1 aliphatic rings. The van der Waals surface area contributed by atoms with Gasteiger partial charge >= 0.3 is 11.9 Å². The summed E-state index contributed by atoms with van der Waals surface area (Å²) in [6.45, 7) is 3.06. The zero-order valence-electron chi connectivity index (χ0n) is 21.7. The van der Waals surface area contributed by atoms with Crippen molar-refractivity contribution >= 4 is 30.0 Å². The Labute approximate surface area is 230 Å². The minimum absolute atomic E-state index is 0. The first-order chi connectivity index (χ1) is 18.0. The van der Waals surface area contributed by atoms with Gasteiger partial charge in [-0.15, -0.1) is 12.4 Å². The lowest BCUT2D eigenvalue weighted by atomic mass is 9.98. The Hall–Kier alpha value is -3.57. The van der Waals surface area contributed by atoms with Crippen molar-refractivity contribution in [2.24, 2.45) is 11.7 Å². The van der Waals surface area contributed by atoms with Crippen LogP contribution in [0.1, 0.15) is 26.0 Å². The summed E-state index contributed by atoms with van der Waals surface area (Å²) in [4.78, 5) is 24.0. The summed E-state index contributed by atoms with van der Waals surface area (Å²) in [6, 6.07) is 9.46. The molecule has 0 spiro atoms. The van der Waals surface area contributed by atoms with E-state index in [9.17, 15) is 14.0 Å². The van der Waals surface area contributed by atoms with E-state index in [4.69, 9.17) is 15.2 Å². The zero-order valence-corrected chi connectivity index (χ0v) is 22.5. The number of carbonyl (C=O) groups is 2. The number of nitrogens with zero attached hydrogens (tertiary/aromatic N) is 2. The van der Waals surface area contributed by atoms with Crippen LogP contribution in [0, 0.1) is 18.7 Å². The summed E-state index contributed by atoms with van der Waals surface area (Å²) in [6.07, 6.45) is 0.599. The molecular weight excluding hydrogens is 537 g/mol. The van der Waals surface area contributed by atoms with Crippen molar-refractivity contribution in [2.45, 2.75) is 45.7 Å². The lowest BCUT2D eigenvalue weighted by Gasteiger charge is -2.21. The van der Waals surface area contributed by atoms with Gasteiger partial charge in [-0.3, -0.25) is 14.3 Å². The lowest BCUT2D eigenvalue weighted by molar-refractivity contribution is -0.159. The number of ether oxygens (including phenoxy) is 2. The topological polar surface area (TPSA) is 108 Å². The third kappa shape index (κ3) is 6.72. The van der Waals surface area contributed by atoms with Crippen LogP contribution in [-0.2, 0) is 20.9 Å². The molecule has 3 N–H and O–H groups in total. The van der Waals surface area contributed by atoms with Gasteiger partial charge in [0.1, 0.15) is 24.2 Å². The molecule has 1 unspecified atom stereocenters. The summed E-state index contributed by atoms with van der Waals surface area (Å²) in [7, 11) is 0. The third-order valence-corrected chi connectivity index (χ3v) is 6.48. The Morgan fingerprint density at radius 1 is 1.23 bits per heavy atom. The van der Waals surface area contributed by atoms with Crippen LogP contribution in [0.4, 0.5) is 18.9 Å². The Morgan fingerprint density at radius 2 is 1.90 bits per heavy atom. The molecule has 2 heterocycles. The van der Waals surface area contributed by atoms with Crippen LogP contribution >= 0.6 is 12.4 Å². The number of rotatable bonds is 9. The van der Waals surface area contributed by atoms with E-state index >= 15 is 8.78 Å². The number of anilines is 1. The van der Waals surface area contributed by atoms with Crippen molar-refractivity contribution < 1.29 is 32.2 Å². The van der Waals surface area contributed by atoms with Crippen LogP contribution in [0.5, 0.6) is 5.75 Å². The number of nitrogens with two attached hydrogens (primary N) is 1. The normalized spacial score (nSPS) is 14.4. The Morgan fingerprint density at radius 3 is 2.56 bits per heavy atom. The monoisotopic (exact) mass is 566 g/mol. The van der Waals surface area contributed by atoms with Gasteiger partial charge in [-0.2, -0.15) is 5.10 Å². The van der Waals surface area contributed by atoms with E-state index in [-0.39, 0.29) is 30.8 Å². The van der Waals surface area contributed by atoms with Crippen LogP contribution in [0.2, 0.25) is 0 Å². The van der Waals surface area contributed by atoms with Crippen molar-refractivity contribution in [1.82, 2.24) is 9.78 Å². The van der Waals surface area contributed by atoms with Crippen LogP contribution in [0.15, 0.2) is 42.5 Å². The predicted molar refractivity (Wildman–Crippen MR) is 143 cm³/mol. The number of amides is 1. The number of carbonyl (C=O) groups excluding carboxylic acids is 2. The fraction of sp³-hybridized carbons (Fsp3) is 0.370. The predicted octanol–water partition coefficient (Wildman–Crippen LogP) is 4.97. The second-order valence-corrected chi connectivity index (χ2v) is 9.40. The van der Waals surface area contributed by atoms with Crippen molar-refractivity contribution in [2.75, 3.05) is 18.5 Å². The first-order valence-corrected chi connectivity index (χ1v) is 12.2. The maximum absolute atomic E-state index is 15.1. The van der Waals surface area contributed by atoms with Gasteiger partial charge < -0.3 is 20.5 Å². The number of alkyl halides is 2. The molecule has 2 atom stereocenters.